The standard InChI is InChI=1S/C19H24FN3O5S/c1-14(2)18(19(24)22-25)23(13-15-4-3-10-21-12-15)29(26,27)17-7-5-16(6-8-17)28-11-9-20/h3-8,10,12,14,18,25H,9,11,13H2,1-2H3,(H,22,24)/t18-/m1/s1/i20-1. The van der Waals surface area contributed by atoms with Crippen molar-refractivity contribution in [3.05, 3.63) is 54.4 Å². The molecule has 158 valence electrons. The van der Waals surface area contributed by atoms with E-state index in [4.69, 9.17) is 9.94 Å². The molecule has 2 N–H and O–H groups in total. The zero-order valence-electron chi connectivity index (χ0n) is 16.2. The van der Waals surface area contributed by atoms with Gasteiger partial charge in [-0.2, -0.15) is 4.31 Å². The first-order valence-corrected chi connectivity index (χ1v) is 10.4. The summed E-state index contributed by atoms with van der Waals surface area (Å²) in [7, 11) is -4.13. The maximum absolute atomic E-state index is 13.4. The molecule has 0 saturated heterocycles. The number of amides is 1. The number of sulfonamides is 1. The fourth-order valence-corrected chi connectivity index (χ4v) is 4.54. The van der Waals surface area contributed by atoms with E-state index in [0.717, 1.165) is 4.31 Å². The molecule has 0 saturated carbocycles. The molecule has 1 amide bonds. The lowest BCUT2D eigenvalue weighted by molar-refractivity contribution is -0.134. The van der Waals surface area contributed by atoms with E-state index in [0.29, 0.717) is 11.3 Å². The molecule has 10 heteroatoms. The summed E-state index contributed by atoms with van der Waals surface area (Å²) in [6.07, 6.45) is 3.06. The normalized spacial score (nSPS) is 12.8. The first kappa shape index (κ1) is 22.7. The summed E-state index contributed by atoms with van der Waals surface area (Å²) < 4.78 is 45.1. The highest BCUT2D eigenvalue weighted by Gasteiger charge is 2.38. The Kier molecular flexibility index (Phi) is 8.06. The van der Waals surface area contributed by atoms with Crippen molar-refractivity contribution in [3.8, 4) is 5.75 Å². The van der Waals surface area contributed by atoms with Gasteiger partial charge in [-0.3, -0.25) is 15.0 Å². The monoisotopic (exact) mass is 424 g/mol. The van der Waals surface area contributed by atoms with Crippen molar-refractivity contribution in [2.45, 2.75) is 31.3 Å². The fourth-order valence-electron chi connectivity index (χ4n) is 2.84. The Morgan fingerprint density at radius 1 is 1.28 bits per heavy atom. The maximum atomic E-state index is 13.4. The Hall–Kier alpha value is -2.56. The molecular formula is C19H24FN3O5S. The topological polar surface area (TPSA) is 109 Å². The highest BCUT2D eigenvalue weighted by molar-refractivity contribution is 7.89. The average Bonchev–Trinajstić information content (AvgIpc) is 2.72. The van der Waals surface area contributed by atoms with Crippen LogP contribution >= 0.6 is 0 Å². The number of halogens is 1. The van der Waals surface area contributed by atoms with Crippen LogP contribution in [0, 0.1) is 5.92 Å². The number of carbonyl (C=O) groups is 1. The molecule has 0 unspecified atom stereocenters. The number of nitrogens with one attached hydrogen (secondary N) is 1. The molecule has 2 aromatic rings. The molecule has 0 fully saturated rings. The second-order valence-corrected chi connectivity index (χ2v) is 8.48. The highest BCUT2D eigenvalue weighted by atomic mass is 32.2. The van der Waals surface area contributed by atoms with Gasteiger partial charge in [0.2, 0.25) is 10.0 Å². The minimum Gasteiger partial charge on any atom is -0.491 e. The fraction of sp³-hybridized carbons (Fsp3) is 0.368. The molecule has 0 spiro atoms. The van der Waals surface area contributed by atoms with Gasteiger partial charge in [0.15, 0.2) is 0 Å². The number of benzene rings is 1. The number of nitrogens with zero attached hydrogens (tertiary/aromatic N) is 2. The Bertz CT molecular complexity index is 892. The van der Waals surface area contributed by atoms with Gasteiger partial charge in [-0.15, -0.1) is 0 Å². The number of pyridine rings is 1. The molecule has 0 bridgehead atoms. The van der Waals surface area contributed by atoms with E-state index in [9.17, 15) is 17.6 Å². The summed E-state index contributed by atoms with van der Waals surface area (Å²) in [6, 6.07) is 7.68. The van der Waals surface area contributed by atoms with Crippen LogP contribution < -0.4 is 10.2 Å². The summed E-state index contributed by atoms with van der Waals surface area (Å²) >= 11 is 0. The molecule has 1 heterocycles. The molecule has 0 aliphatic carbocycles. The van der Waals surface area contributed by atoms with Crippen LogP contribution in [-0.4, -0.2) is 48.1 Å². The van der Waals surface area contributed by atoms with Gasteiger partial charge in [0.25, 0.3) is 5.91 Å². The van der Waals surface area contributed by atoms with Crippen LogP contribution in [0.2, 0.25) is 0 Å². The largest absolute Gasteiger partial charge is 0.491 e. The summed E-state index contributed by atoms with van der Waals surface area (Å²) in [5.74, 6) is -0.940. The van der Waals surface area contributed by atoms with Gasteiger partial charge in [0.1, 0.15) is 25.1 Å². The molecule has 1 aromatic heterocycles. The highest BCUT2D eigenvalue weighted by Crippen LogP contribution is 2.26. The molecule has 8 nitrogen and oxygen atoms in total. The van der Waals surface area contributed by atoms with E-state index in [1.807, 2.05) is 0 Å². The van der Waals surface area contributed by atoms with E-state index in [-0.39, 0.29) is 18.0 Å². The number of rotatable bonds is 10. The van der Waals surface area contributed by atoms with Crippen LogP contribution in [0.15, 0.2) is 53.7 Å². The third-order valence-electron chi connectivity index (χ3n) is 4.16. The molecule has 2 rings (SSSR count). The zero-order valence-corrected chi connectivity index (χ0v) is 17.0. The number of ether oxygens (including phenoxy) is 1. The average molecular weight is 424 g/mol. The van der Waals surface area contributed by atoms with Crippen molar-refractivity contribution in [1.29, 1.82) is 0 Å². The number of alkyl halides is 1. The molecule has 1 atom stereocenters. The Morgan fingerprint density at radius 3 is 2.48 bits per heavy atom. The predicted molar refractivity (Wildman–Crippen MR) is 103 cm³/mol. The number of aromatic nitrogens is 1. The predicted octanol–water partition coefficient (Wildman–Crippen LogP) is 2.15. The van der Waals surface area contributed by atoms with E-state index in [2.05, 4.69) is 4.98 Å². The van der Waals surface area contributed by atoms with Crippen LogP contribution in [0.25, 0.3) is 0 Å². The smallest absolute Gasteiger partial charge is 0.262 e. The van der Waals surface area contributed by atoms with Gasteiger partial charge >= 0.3 is 0 Å². The van der Waals surface area contributed by atoms with E-state index in [1.54, 1.807) is 37.7 Å². The van der Waals surface area contributed by atoms with Crippen molar-refractivity contribution in [1.82, 2.24) is 14.8 Å². The Balaban J connectivity index is 2.46. The third kappa shape index (κ3) is 5.72. The van der Waals surface area contributed by atoms with Gasteiger partial charge in [-0.05, 0) is 41.8 Å². The van der Waals surface area contributed by atoms with Gasteiger partial charge in [-0.25, -0.2) is 18.3 Å². The third-order valence-corrected chi connectivity index (χ3v) is 6.00. The van der Waals surface area contributed by atoms with Crippen molar-refractivity contribution in [2.24, 2.45) is 5.92 Å². The molecular weight excluding hydrogens is 400 g/mol. The first-order valence-electron chi connectivity index (χ1n) is 8.94. The summed E-state index contributed by atoms with van der Waals surface area (Å²) in [5.41, 5.74) is 2.13. The minimum absolute atomic E-state index is 0.0645. The summed E-state index contributed by atoms with van der Waals surface area (Å²) in [4.78, 5) is 16.2. The van der Waals surface area contributed by atoms with Gasteiger partial charge in [0, 0.05) is 18.9 Å². The van der Waals surface area contributed by atoms with Crippen molar-refractivity contribution >= 4 is 15.9 Å². The Labute approximate surface area is 169 Å². The minimum atomic E-state index is -4.13. The molecule has 0 aliphatic rings. The number of carbonyl (C=O) groups excluding carboxylic acids is 1. The van der Waals surface area contributed by atoms with Crippen LogP contribution in [0.1, 0.15) is 19.4 Å². The summed E-state index contributed by atoms with van der Waals surface area (Å²) in [6.45, 7) is 2.45. The van der Waals surface area contributed by atoms with E-state index in [1.165, 1.54) is 30.5 Å². The Morgan fingerprint density at radius 2 is 1.97 bits per heavy atom. The molecule has 1 aromatic carbocycles. The van der Waals surface area contributed by atoms with Crippen LogP contribution in [0.5, 0.6) is 5.75 Å². The van der Waals surface area contributed by atoms with Crippen molar-refractivity contribution in [2.75, 3.05) is 13.3 Å². The lowest BCUT2D eigenvalue weighted by Crippen LogP contribution is -2.51. The molecule has 29 heavy (non-hydrogen) atoms. The maximum Gasteiger partial charge on any atom is 0.262 e. The lowest BCUT2D eigenvalue weighted by Gasteiger charge is -2.32. The van der Waals surface area contributed by atoms with Crippen LogP contribution in [0.4, 0.5) is 4.39 Å². The van der Waals surface area contributed by atoms with Gasteiger partial charge in [-0.1, -0.05) is 19.9 Å². The molecule has 0 radical (unpaired) electrons. The van der Waals surface area contributed by atoms with Crippen molar-refractivity contribution in [3.63, 3.8) is 0 Å². The molecule has 0 aliphatic heterocycles. The lowest BCUT2D eigenvalue weighted by atomic mass is 10.0. The SMILES string of the molecule is CC(C)[C@H](C(=O)NO)N(Cc1cccnc1)S(=O)(=O)c1ccc(OCC[18F])cc1. The van der Waals surface area contributed by atoms with Crippen LogP contribution in [0.3, 0.4) is 0 Å². The van der Waals surface area contributed by atoms with Gasteiger partial charge < -0.3 is 4.74 Å². The quantitative estimate of drug-likeness (QED) is 0.447. The van der Waals surface area contributed by atoms with Crippen LogP contribution in [-0.2, 0) is 21.4 Å². The first-order chi connectivity index (χ1) is 13.8. The second-order valence-electron chi connectivity index (χ2n) is 6.59. The number of hydroxylamine groups is 1. The number of hydrogen-bond donors (Lipinski definition) is 2. The van der Waals surface area contributed by atoms with E-state index >= 15 is 0 Å². The van der Waals surface area contributed by atoms with Crippen molar-refractivity contribution < 1.29 is 27.5 Å². The second kappa shape index (κ2) is 10.3. The van der Waals surface area contributed by atoms with E-state index < -0.39 is 34.6 Å². The van der Waals surface area contributed by atoms with Gasteiger partial charge in [0.05, 0.1) is 4.90 Å². The summed E-state index contributed by atoms with van der Waals surface area (Å²) in [5, 5.41) is 9.14. The number of hydrogen-bond acceptors (Lipinski definition) is 6. The zero-order chi connectivity index (χ0) is 21.4.